The molecule has 0 fully saturated rings. The molecule has 0 unspecified atom stereocenters. The number of H-pyrrole nitrogens is 1. The molecule has 15 heavy (non-hydrogen) atoms. The van der Waals surface area contributed by atoms with Crippen molar-refractivity contribution in [2.75, 3.05) is 13.2 Å². The Morgan fingerprint density at radius 2 is 2.13 bits per heavy atom. The highest BCUT2D eigenvalue weighted by molar-refractivity contribution is 6.36. The van der Waals surface area contributed by atoms with Crippen LogP contribution in [0.15, 0.2) is 24.3 Å². The molecule has 0 aliphatic carbocycles. The lowest BCUT2D eigenvalue weighted by molar-refractivity contribution is -0.672. The maximum Gasteiger partial charge on any atom is 0.118 e. The SMILES string of the molecule is OCC[NH2+]Cc1[nH]c2ccccc2c1Cl. The van der Waals surface area contributed by atoms with Crippen molar-refractivity contribution in [2.45, 2.75) is 6.54 Å². The molecule has 1 aromatic heterocycles. The number of nitrogens with two attached hydrogens (primary N) is 1. The van der Waals surface area contributed by atoms with Gasteiger partial charge >= 0.3 is 0 Å². The third kappa shape index (κ3) is 2.15. The van der Waals surface area contributed by atoms with Crippen LogP contribution < -0.4 is 5.32 Å². The molecule has 0 bridgehead atoms. The van der Waals surface area contributed by atoms with Crippen LogP contribution in [0.1, 0.15) is 5.69 Å². The van der Waals surface area contributed by atoms with E-state index in [-0.39, 0.29) is 6.61 Å². The van der Waals surface area contributed by atoms with Crippen molar-refractivity contribution in [3.05, 3.63) is 35.0 Å². The summed E-state index contributed by atoms with van der Waals surface area (Å²) in [7, 11) is 0. The molecule has 0 amide bonds. The molecular weight excluding hydrogens is 212 g/mol. The predicted octanol–water partition coefficient (Wildman–Crippen LogP) is 0.877. The molecule has 0 atom stereocenters. The quantitative estimate of drug-likeness (QED) is 0.665. The summed E-state index contributed by atoms with van der Waals surface area (Å²) in [5.74, 6) is 0. The summed E-state index contributed by atoms with van der Waals surface area (Å²) in [6.07, 6.45) is 0. The molecule has 4 heteroatoms. The van der Waals surface area contributed by atoms with E-state index in [1.807, 2.05) is 29.6 Å². The third-order valence-corrected chi connectivity index (χ3v) is 2.83. The fraction of sp³-hybridized carbons (Fsp3) is 0.273. The van der Waals surface area contributed by atoms with Gasteiger partial charge in [-0.1, -0.05) is 29.8 Å². The van der Waals surface area contributed by atoms with Gasteiger partial charge in [0.1, 0.15) is 6.54 Å². The average molecular weight is 226 g/mol. The van der Waals surface area contributed by atoms with Gasteiger partial charge in [0.2, 0.25) is 0 Å². The number of aliphatic hydroxyl groups excluding tert-OH is 1. The van der Waals surface area contributed by atoms with Gasteiger partial charge in [0.15, 0.2) is 0 Å². The number of quaternary nitrogens is 1. The van der Waals surface area contributed by atoms with Gasteiger partial charge in [0.05, 0.1) is 23.9 Å². The molecule has 3 nitrogen and oxygen atoms in total. The number of aromatic nitrogens is 1. The van der Waals surface area contributed by atoms with E-state index in [9.17, 15) is 0 Å². The van der Waals surface area contributed by atoms with Crippen LogP contribution in [0.3, 0.4) is 0 Å². The van der Waals surface area contributed by atoms with Crippen LogP contribution in [0.5, 0.6) is 0 Å². The normalized spacial score (nSPS) is 11.1. The third-order valence-electron chi connectivity index (χ3n) is 2.40. The second-order valence-corrected chi connectivity index (χ2v) is 3.85. The van der Waals surface area contributed by atoms with Crippen LogP contribution in [0, 0.1) is 0 Å². The summed E-state index contributed by atoms with van der Waals surface area (Å²) in [4.78, 5) is 3.28. The first-order valence-electron chi connectivity index (χ1n) is 5.00. The van der Waals surface area contributed by atoms with Crippen molar-refractivity contribution in [1.82, 2.24) is 4.98 Å². The van der Waals surface area contributed by atoms with Gasteiger partial charge in [-0.3, -0.25) is 0 Å². The number of para-hydroxylation sites is 1. The molecule has 2 aromatic rings. The Labute approximate surface area is 93.1 Å². The molecular formula is C11H14ClN2O+. The zero-order valence-electron chi connectivity index (χ0n) is 8.33. The minimum atomic E-state index is 0.192. The van der Waals surface area contributed by atoms with Gasteiger partial charge in [-0.05, 0) is 6.07 Å². The topological polar surface area (TPSA) is 52.6 Å². The Hall–Kier alpha value is -1.03. The number of aliphatic hydroxyl groups is 1. The smallest absolute Gasteiger partial charge is 0.118 e. The molecule has 4 N–H and O–H groups in total. The van der Waals surface area contributed by atoms with Gasteiger partial charge < -0.3 is 15.4 Å². The highest BCUT2D eigenvalue weighted by atomic mass is 35.5. The first-order valence-corrected chi connectivity index (χ1v) is 5.38. The summed E-state index contributed by atoms with van der Waals surface area (Å²) < 4.78 is 0. The molecule has 0 radical (unpaired) electrons. The van der Waals surface area contributed by atoms with E-state index in [4.69, 9.17) is 16.7 Å². The number of fused-ring (bicyclic) bond motifs is 1. The zero-order chi connectivity index (χ0) is 10.7. The number of rotatable bonds is 4. The fourth-order valence-corrected chi connectivity index (χ4v) is 1.93. The van der Waals surface area contributed by atoms with E-state index in [1.54, 1.807) is 0 Å². The Morgan fingerprint density at radius 1 is 1.33 bits per heavy atom. The molecule has 2 rings (SSSR count). The van der Waals surface area contributed by atoms with Crippen molar-refractivity contribution >= 4 is 22.5 Å². The van der Waals surface area contributed by atoms with E-state index in [0.717, 1.165) is 28.2 Å². The lowest BCUT2D eigenvalue weighted by Gasteiger charge is -1.97. The Balaban J connectivity index is 2.24. The molecule has 80 valence electrons. The maximum atomic E-state index is 8.68. The molecule has 0 aliphatic rings. The monoisotopic (exact) mass is 225 g/mol. The summed E-state index contributed by atoms with van der Waals surface area (Å²) in [5.41, 5.74) is 2.08. The first-order chi connectivity index (χ1) is 7.33. The fourth-order valence-electron chi connectivity index (χ4n) is 1.64. The molecule has 0 aliphatic heterocycles. The van der Waals surface area contributed by atoms with E-state index in [1.165, 1.54) is 0 Å². The zero-order valence-corrected chi connectivity index (χ0v) is 9.09. The van der Waals surface area contributed by atoms with Gasteiger partial charge in [0, 0.05) is 10.9 Å². The second-order valence-electron chi connectivity index (χ2n) is 3.47. The van der Waals surface area contributed by atoms with E-state index in [2.05, 4.69) is 4.98 Å². The van der Waals surface area contributed by atoms with E-state index in [0.29, 0.717) is 6.54 Å². The van der Waals surface area contributed by atoms with Crippen LogP contribution in [0.25, 0.3) is 10.9 Å². The van der Waals surface area contributed by atoms with Crippen LogP contribution in [-0.2, 0) is 6.54 Å². The second kappa shape index (κ2) is 4.66. The highest BCUT2D eigenvalue weighted by Crippen LogP contribution is 2.26. The van der Waals surface area contributed by atoms with Crippen LogP contribution in [0.2, 0.25) is 5.02 Å². The number of nitrogens with one attached hydrogen (secondary N) is 1. The van der Waals surface area contributed by atoms with Crippen molar-refractivity contribution in [1.29, 1.82) is 0 Å². The molecule has 0 saturated carbocycles. The largest absolute Gasteiger partial charge is 0.391 e. The van der Waals surface area contributed by atoms with Crippen LogP contribution in [0.4, 0.5) is 0 Å². The van der Waals surface area contributed by atoms with Crippen molar-refractivity contribution < 1.29 is 10.4 Å². The highest BCUT2D eigenvalue weighted by Gasteiger charge is 2.09. The molecule has 1 heterocycles. The summed E-state index contributed by atoms with van der Waals surface area (Å²) >= 11 is 6.22. The lowest BCUT2D eigenvalue weighted by atomic mass is 10.2. The standard InChI is InChI=1S/C11H13ClN2O/c12-11-8-3-1-2-4-9(8)14-10(11)7-13-5-6-15/h1-4,13-15H,5-7H2/p+1. The molecule has 0 saturated heterocycles. The van der Waals surface area contributed by atoms with Gasteiger partial charge in [0.25, 0.3) is 0 Å². The van der Waals surface area contributed by atoms with Crippen molar-refractivity contribution in [3.63, 3.8) is 0 Å². The first kappa shape index (κ1) is 10.5. The molecule has 0 spiro atoms. The van der Waals surface area contributed by atoms with Gasteiger partial charge in [-0.15, -0.1) is 0 Å². The summed E-state index contributed by atoms with van der Waals surface area (Å²) in [5, 5.41) is 12.6. The number of aromatic amines is 1. The Kier molecular flexibility index (Phi) is 3.26. The summed E-state index contributed by atoms with van der Waals surface area (Å²) in [6, 6.07) is 7.97. The van der Waals surface area contributed by atoms with Crippen molar-refractivity contribution in [3.8, 4) is 0 Å². The number of hydrogen-bond acceptors (Lipinski definition) is 1. The van der Waals surface area contributed by atoms with Crippen LogP contribution >= 0.6 is 11.6 Å². The minimum Gasteiger partial charge on any atom is -0.391 e. The number of halogens is 1. The maximum absolute atomic E-state index is 8.68. The van der Waals surface area contributed by atoms with Gasteiger partial charge in [-0.25, -0.2) is 0 Å². The van der Waals surface area contributed by atoms with E-state index >= 15 is 0 Å². The average Bonchev–Trinajstić information content (AvgIpc) is 2.57. The van der Waals surface area contributed by atoms with E-state index < -0.39 is 0 Å². The Bertz CT molecular complexity index is 453. The number of hydrogen-bond donors (Lipinski definition) is 3. The number of benzene rings is 1. The van der Waals surface area contributed by atoms with Crippen molar-refractivity contribution in [2.24, 2.45) is 0 Å². The molecule has 1 aromatic carbocycles. The van der Waals surface area contributed by atoms with Crippen LogP contribution in [-0.4, -0.2) is 23.2 Å². The Morgan fingerprint density at radius 3 is 2.87 bits per heavy atom. The predicted molar refractivity (Wildman–Crippen MR) is 60.9 cm³/mol. The lowest BCUT2D eigenvalue weighted by Crippen LogP contribution is -2.83. The minimum absolute atomic E-state index is 0.192. The summed E-state index contributed by atoms with van der Waals surface area (Å²) in [6.45, 7) is 1.66. The van der Waals surface area contributed by atoms with Gasteiger partial charge in [-0.2, -0.15) is 0 Å².